The summed E-state index contributed by atoms with van der Waals surface area (Å²) in [4.78, 5) is 9.82. The van der Waals surface area contributed by atoms with Crippen molar-refractivity contribution in [3.05, 3.63) is 76.8 Å². The molecule has 5 rings (SSSR count). The van der Waals surface area contributed by atoms with E-state index in [-0.39, 0.29) is 0 Å². The van der Waals surface area contributed by atoms with Crippen LogP contribution in [0.5, 0.6) is 0 Å². The molecule has 0 spiro atoms. The monoisotopic (exact) mass is 540 g/mol. The minimum absolute atomic E-state index is 0.499. The normalized spacial score (nSPS) is 20.2. The minimum Gasteiger partial charge on any atom is -0.501 e. The van der Waals surface area contributed by atoms with Gasteiger partial charge in [-0.2, -0.15) is 10.4 Å². The number of hydrogen-bond donors (Lipinski definition) is 2. The molecule has 0 amide bonds. The van der Waals surface area contributed by atoms with Crippen molar-refractivity contribution in [3.8, 4) is 17.3 Å². The van der Waals surface area contributed by atoms with Gasteiger partial charge in [-0.05, 0) is 24.1 Å². The molecule has 39 heavy (non-hydrogen) atoms. The van der Waals surface area contributed by atoms with Gasteiger partial charge in [0.1, 0.15) is 6.07 Å². The number of allylic oxidation sites excluding steroid dienone is 5. The number of hydrogen-bond acceptors (Lipinski definition) is 9. The largest absolute Gasteiger partial charge is 0.501 e. The van der Waals surface area contributed by atoms with Gasteiger partial charge in [0.2, 0.25) is 0 Å². The molecule has 3 aromatic rings. The number of thiazole rings is 1. The van der Waals surface area contributed by atoms with Gasteiger partial charge in [-0.15, -0.1) is 11.3 Å². The zero-order valence-corrected chi connectivity index (χ0v) is 23.0. The van der Waals surface area contributed by atoms with Crippen molar-refractivity contribution < 1.29 is 4.74 Å². The number of rotatable bonds is 8. The van der Waals surface area contributed by atoms with E-state index in [1.807, 2.05) is 17.6 Å². The second-order valence-electron chi connectivity index (χ2n) is 9.44. The quantitative estimate of drug-likeness (QED) is 0.406. The maximum atomic E-state index is 9.70. The Morgan fingerprint density at radius 2 is 2.13 bits per heavy atom. The smallest absolute Gasteiger partial charge is 0.185 e. The number of anilines is 1. The molecule has 1 aliphatic heterocycles. The van der Waals surface area contributed by atoms with Gasteiger partial charge in [0, 0.05) is 86.9 Å². The van der Waals surface area contributed by atoms with E-state index in [0.717, 1.165) is 78.8 Å². The first kappa shape index (κ1) is 26.4. The average Bonchev–Trinajstić information content (AvgIpc) is 3.61. The molecule has 0 atom stereocenters. The molecular weight excluding hydrogens is 508 g/mol. The van der Waals surface area contributed by atoms with E-state index < -0.39 is 0 Å². The SMILES string of the molecule is CN/C=C(\C=N)c1cc(-c2csc(N3CCN(CC4=C/C=C(/OC)CC/C=C\4)CC3)n2)c2c(C#N)cnn2c1. The van der Waals surface area contributed by atoms with Gasteiger partial charge in [0.05, 0.1) is 35.8 Å². The minimum atomic E-state index is 0.499. The van der Waals surface area contributed by atoms with Gasteiger partial charge in [-0.25, -0.2) is 9.50 Å². The molecule has 1 saturated heterocycles. The van der Waals surface area contributed by atoms with Gasteiger partial charge >= 0.3 is 0 Å². The summed E-state index contributed by atoms with van der Waals surface area (Å²) in [5.74, 6) is 1.02. The van der Waals surface area contributed by atoms with Crippen LogP contribution >= 0.6 is 11.3 Å². The predicted octanol–water partition coefficient (Wildman–Crippen LogP) is 4.47. The van der Waals surface area contributed by atoms with Crippen molar-refractivity contribution in [1.82, 2.24) is 24.8 Å². The van der Waals surface area contributed by atoms with Crippen LogP contribution in [0.3, 0.4) is 0 Å². The number of ether oxygens (including phenoxy) is 1. The molecule has 2 aliphatic rings. The van der Waals surface area contributed by atoms with Crippen LogP contribution in [0.25, 0.3) is 22.3 Å². The number of nitriles is 1. The zero-order chi connectivity index (χ0) is 27.2. The van der Waals surface area contributed by atoms with Crippen molar-refractivity contribution >= 4 is 33.8 Å². The summed E-state index contributed by atoms with van der Waals surface area (Å²) >= 11 is 1.62. The molecule has 4 heterocycles. The fraction of sp³-hybridized carbons (Fsp3) is 0.310. The average molecular weight is 541 g/mol. The molecule has 0 bridgehead atoms. The highest BCUT2D eigenvalue weighted by Crippen LogP contribution is 2.33. The molecule has 1 aliphatic carbocycles. The number of pyridine rings is 1. The highest BCUT2D eigenvalue weighted by molar-refractivity contribution is 7.14. The zero-order valence-electron chi connectivity index (χ0n) is 22.2. The van der Waals surface area contributed by atoms with E-state index in [2.05, 4.69) is 50.6 Å². The van der Waals surface area contributed by atoms with Crippen LogP contribution in [-0.4, -0.2) is 72.6 Å². The second-order valence-corrected chi connectivity index (χ2v) is 10.3. The lowest BCUT2D eigenvalue weighted by molar-refractivity contribution is 0.275. The van der Waals surface area contributed by atoms with Gasteiger partial charge in [-0.3, -0.25) is 4.90 Å². The number of piperazine rings is 1. The van der Waals surface area contributed by atoms with Gasteiger partial charge < -0.3 is 20.4 Å². The third kappa shape index (κ3) is 5.79. The topological polar surface area (TPSA) is 106 Å². The lowest BCUT2D eigenvalue weighted by Crippen LogP contribution is -2.46. The maximum Gasteiger partial charge on any atom is 0.185 e. The van der Waals surface area contributed by atoms with Crippen LogP contribution in [0.15, 0.2) is 65.7 Å². The number of aromatic nitrogens is 3. The van der Waals surface area contributed by atoms with Crippen molar-refractivity contribution in [2.45, 2.75) is 12.8 Å². The number of fused-ring (bicyclic) bond motifs is 1. The highest BCUT2D eigenvalue weighted by atomic mass is 32.1. The van der Waals surface area contributed by atoms with E-state index in [1.54, 1.807) is 42.4 Å². The number of nitrogens with one attached hydrogen (secondary N) is 2. The molecule has 2 N–H and O–H groups in total. The van der Waals surface area contributed by atoms with Crippen LogP contribution in [-0.2, 0) is 4.74 Å². The van der Waals surface area contributed by atoms with E-state index in [1.165, 1.54) is 11.8 Å². The summed E-state index contributed by atoms with van der Waals surface area (Å²) < 4.78 is 7.15. The molecule has 0 aromatic carbocycles. The summed E-state index contributed by atoms with van der Waals surface area (Å²) in [5, 5.41) is 28.0. The Bertz CT molecular complexity index is 1510. The molecule has 0 unspecified atom stereocenters. The first-order valence-electron chi connectivity index (χ1n) is 13.0. The molecule has 9 nitrogen and oxygen atoms in total. The summed E-state index contributed by atoms with van der Waals surface area (Å²) in [7, 11) is 3.54. The third-order valence-corrected chi connectivity index (χ3v) is 7.87. The number of nitrogens with zero attached hydrogens (tertiary/aromatic N) is 6. The Morgan fingerprint density at radius 3 is 2.87 bits per heavy atom. The van der Waals surface area contributed by atoms with Gasteiger partial charge in [0.15, 0.2) is 5.13 Å². The lowest BCUT2D eigenvalue weighted by atomic mass is 10.0. The number of methoxy groups -OCH3 is 1. The molecule has 3 aromatic heterocycles. The second kappa shape index (κ2) is 12.1. The van der Waals surface area contributed by atoms with Crippen molar-refractivity contribution in [2.24, 2.45) is 0 Å². The van der Waals surface area contributed by atoms with Crippen LogP contribution in [0.4, 0.5) is 5.13 Å². The highest BCUT2D eigenvalue weighted by Gasteiger charge is 2.22. The Labute approximate surface area is 232 Å². The Morgan fingerprint density at radius 1 is 1.28 bits per heavy atom. The summed E-state index contributed by atoms with van der Waals surface area (Å²) in [6, 6.07) is 4.24. The van der Waals surface area contributed by atoms with Crippen LogP contribution in [0.1, 0.15) is 24.0 Å². The Balaban J connectivity index is 1.34. The van der Waals surface area contributed by atoms with Crippen molar-refractivity contribution in [1.29, 1.82) is 10.7 Å². The Kier molecular flexibility index (Phi) is 8.20. The van der Waals surface area contributed by atoms with E-state index >= 15 is 0 Å². The third-order valence-electron chi connectivity index (χ3n) is 6.97. The first-order valence-corrected chi connectivity index (χ1v) is 13.8. The Hall–Kier alpha value is -4.20. The predicted molar refractivity (Wildman–Crippen MR) is 157 cm³/mol. The lowest BCUT2D eigenvalue weighted by Gasteiger charge is -2.34. The van der Waals surface area contributed by atoms with Crippen LogP contribution in [0, 0.1) is 16.7 Å². The van der Waals surface area contributed by atoms with Crippen LogP contribution in [0.2, 0.25) is 0 Å². The van der Waals surface area contributed by atoms with Gasteiger partial charge in [0.25, 0.3) is 0 Å². The van der Waals surface area contributed by atoms with Crippen molar-refractivity contribution in [2.75, 3.05) is 51.8 Å². The molecule has 200 valence electrons. The summed E-state index contributed by atoms with van der Waals surface area (Å²) in [5.41, 5.74) is 5.69. The van der Waals surface area contributed by atoms with E-state index in [0.29, 0.717) is 11.1 Å². The van der Waals surface area contributed by atoms with Gasteiger partial charge in [-0.1, -0.05) is 18.2 Å². The van der Waals surface area contributed by atoms with E-state index in [9.17, 15) is 5.26 Å². The molecule has 0 saturated carbocycles. The fourth-order valence-corrected chi connectivity index (χ4v) is 5.76. The first-order chi connectivity index (χ1) is 19.1. The fourth-order valence-electron chi connectivity index (χ4n) is 4.88. The van der Waals surface area contributed by atoms with Crippen LogP contribution < -0.4 is 10.2 Å². The molecule has 10 heteroatoms. The molecular formula is C29H32N8OS. The molecule has 0 radical (unpaired) electrons. The summed E-state index contributed by atoms with van der Waals surface area (Å²) in [6.07, 6.45) is 17.2. The van der Waals surface area contributed by atoms with E-state index in [4.69, 9.17) is 15.1 Å². The summed E-state index contributed by atoms with van der Waals surface area (Å²) in [6.45, 7) is 4.63. The van der Waals surface area contributed by atoms with Crippen molar-refractivity contribution in [3.63, 3.8) is 0 Å². The molecule has 1 fully saturated rings. The maximum absolute atomic E-state index is 9.70. The standard InChI is InChI=1S/C29H32N8OS/c1-32-16-23(14-30)22-13-26(28-24(15-31)17-33-37(28)19-22)27-20-39-29(34-27)36-11-9-35(10-12-36)18-21-5-3-4-6-25(38-2)8-7-21/h3,5,7-8,13-14,16-17,19-20,30,32H,4,6,9-12,18H2,1-2H3/b5-3-,21-7+,23-16+,25-8+,30-14?.